The number of primary amides is 1. The van der Waals surface area contributed by atoms with Gasteiger partial charge < -0.3 is 10.2 Å². The Morgan fingerprint density at radius 1 is 1.39 bits per heavy atom. The van der Waals surface area contributed by atoms with Crippen LogP contribution in [-0.2, 0) is 11.3 Å². The van der Waals surface area contributed by atoms with Crippen LogP contribution in [0.5, 0.6) is 0 Å². The fourth-order valence-electron chi connectivity index (χ4n) is 2.00. The number of nitrogens with one attached hydrogen (secondary N) is 1. The van der Waals surface area contributed by atoms with Crippen molar-refractivity contribution < 1.29 is 9.21 Å². The van der Waals surface area contributed by atoms with E-state index in [1.807, 2.05) is 44.2 Å². The number of amides is 1. The van der Waals surface area contributed by atoms with Gasteiger partial charge in [-0.2, -0.15) is 0 Å². The summed E-state index contributed by atoms with van der Waals surface area (Å²) < 4.78 is 5.66. The first-order valence-corrected chi connectivity index (χ1v) is 6.08. The van der Waals surface area contributed by atoms with Crippen molar-refractivity contribution in [3.63, 3.8) is 0 Å². The molecule has 0 saturated carbocycles. The first kappa shape index (κ1) is 12.6. The number of benzene rings is 1. The molecule has 1 unspecified atom stereocenters. The molecule has 18 heavy (non-hydrogen) atoms. The van der Waals surface area contributed by atoms with Crippen LogP contribution in [0.25, 0.3) is 11.0 Å². The van der Waals surface area contributed by atoms with E-state index in [4.69, 9.17) is 10.2 Å². The van der Waals surface area contributed by atoms with Crippen LogP contribution >= 0.6 is 0 Å². The number of para-hydroxylation sites is 1. The molecule has 0 aliphatic carbocycles. The summed E-state index contributed by atoms with van der Waals surface area (Å²) in [6, 6.07) is 9.46. The van der Waals surface area contributed by atoms with Gasteiger partial charge >= 0.3 is 0 Å². The molecule has 0 aliphatic heterocycles. The van der Waals surface area contributed by atoms with Gasteiger partial charge in [-0.05, 0) is 18.1 Å². The summed E-state index contributed by atoms with van der Waals surface area (Å²) in [4.78, 5) is 11.3. The van der Waals surface area contributed by atoms with Gasteiger partial charge in [0.2, 0.25) is 5.91 Å². The zero-order valence-electron chi connectivity index (χ0n) is 10.6. The first-order chi connectivity index (χ1) is 8.58. The van der Waals surface area contributed by atoms with Crippen molar-refractivity contribution >= 4 is 16.9 Å². The molecule has 0 saturated heterocycles. The van der Waals surface area contributed by atoms with Crippen LogP contribution in [0.1, 0.15) is 19.6 Å². The van der Waals surface area contributed by atoms with Crippen molar-refractivity contribution in [3.8, 4) is 0 Å². The van der Waals surface area contributed by atoms with E-state index >= 15 is 0 Å². The fourth-order valence-corrected chi connectivity index (χ4v) is 2.00. The van der Waals surface area contributed by atoms with E-state index in [-0.39, 0.29) is 17.9 Å². The molecule has 3 N–H and O–H groups in total. The van der Waals surface area contributed by atoms with Gasteiger partial charge in [-0.1, -0.05) is 32.0 Å². The highest BCUT2D eigenvalue weighted by Gasteiger charge is 2.19. The van der Waals surface area contributed by atoms with Crippen molar-refractivity contribution in [1.29, 1.82) is 0 Å². The number of hydrogen-bond acceptors (Lipinski definition) is 3. The van der Waals surface area contributed by atoms with E-state index in [9.17, 15) is 4.79 Å². The molecule has 1 aromatic carbocycles. The van der Waals surface area contributed by atoms with Crippen LogP contribution < -0.4 is 11.1 Å². The Kier molecular flexibility index (Phi) is 3.67. The second kappa shape index (κ2) is 5.23. The second-order valence-electron chi connectivity index (χ2n) is 4.76. The van der Waals surface area contributed by atoms with Gasteiger partial charge in [-0.25, -0.2) is 0 Å². The van der Waals surface area contributed by atoms with E-state index in [0.29, 0.717) is 6.54 Å². The minimum Gasteiger partial charge on any atom is -0.460 e. The summed E-state index contributed by atoms with van der Waals surface area (Å²) in [7, 11) is 0. The first-order valence-electron chi connectivity index (χ1n) is 6.08. The molecule has 0 fully saturated rings. The fraction of sp³-hybridized carbons (Fsp3) is 0.357. The SMILES string of the molecule is CC(C)C(NCc1cc2ccccc2o1)C(N)=O. The lowest BCUT2D eigenvalue weighted by Gasteiger charge is -2.17. The minimum atomic E-state index is -0.335. The standard InChI is InChI=1S/C14H18N2O2/c1-9(2)13(14(15)17)16-8-11-7-10-5-3-4-6-12(10)18-11/h3-7,9,13,16H,8H2,1-2H3,(H2,15,17). The molecule has 2 aromatic rings. The highest BCUT2D eigenvalue weighted by Crippen LogP contribution is 2.18. The molecule has 4 nitrogen and oxygen atoms in total. The predicted octanol–water partition coefficient (Wildman–Crippen LogP) is 2.03. The quantitative estimate of drug-likeness (QED) is 0.848. The average Bonchev–Trinajstić information content (AvgIpc) is 2.70. The summed E-state index contributed by atoms with van der Waals surface area (Å²) in [5.74, 6) is 0.635. The third-order valence-electron chi connectivity index (χ3n) is 2.95. The summed E-state index contributed by atoms with van der Waals surface area (Å²) >= 11 is 0. The van der Waals surface area contributed by atoms with Crippen LogP contribution in [0.2, 0.25) is 0 Å². The number of nitrogens with two attached hydrogens (primary N) is 1. The summed E-state index contributed by atoms with van der Waals surface area (Å²) in [5.41, 5.74) is 6.20. The lowest BCUT2D eigenvalue weighted by Crippen LogP contribution is -2.44. The van der Waals surface area contributed by atoms with E-state index in [0.717, 1.165) is 16.7 Å². The number of carbonyl (C=O) groups is 1. The third-order valence-corrected chi connectivity index (χ3v) is 2.95. The molecular formula is C14H18N2O2. The van der Waals surface area contributed by atoms with E-state index < -0.39 is 0 Å². The normalized spacial score (nSPS) is 13.1. The Balaban J connectivity index is 2.07. The molecule has 2 rings (SSSR count). The van der Waals surface area contributed by atoms with Crippen LogP contribution in [0, 0.1) is 5.92 Å². The second-order valence-corrected chi connectivity index (χ2v) is 4.76. The molecule has 0 radical (unpaired) electrons. The largest absolute Gasteiger partial charge is 0.460 e. The maximum absolute atomic E-state index is 11.3. The Bertz CT molecular complexity index is 512. The molecule has 96 valence electrons. The van der Waals surface area contributed by atoms with E-state index in [1.54, 1.807) is 0 Å². The molecule has 1 amide bonds. The predicted molar refractivity (Wildman–Crippen MR) is 70.9 cm³/mol. The summed E-state index contributed by atoms with van der Waals surface area (Å²) in [5, 5.41) is 4.19. The number of fused-ring (bicyclic) bond motifs is 1. The van der Waals surface area contributed by atoms with Gasteiger partial charge in [0.25, 0.3) is 0 Å². The highest BCUT2D eigenvalue weighted by atomic mass is 16.3. The summed E-state index contributed by atoms with van der Waals surface area (Å²) in [6.45, 7) is 4.42. The van der Waals surface area contributed by atoms with Gasteiger partial charge in [-0.3, -0.25) is 10.1 Å². The smallest absolute Gasteiger partial charge is 0.234 e. The maximum Gasteiger partial charge on any atom is 0.234 e. The molecule has 1 aromatic heterocycles. The molecule has 0 aliphatic rings. The maximum atomic E-state index is 11.3. The molecule has 0 bridgehead atoms. The van der Waals surface area contributed by atoms with Crippen LogP contribution in [0.3, 0.4) is 0 Å². The van der Waals surface area contributed by atoms with E-state index in [1.165, 1.54) is 0 Å². The number of rotatable bonds is 5. The minimum absolute atomic E-state index is 0.159. The van der Waals surface area contributed by atoms with Crippen molar-refractivity contribution in [2.75, 3.05) is 0 Å². The molecular weight excluding hydrogens is 228 g/mol. The zero-order chi connectivity index (χ0) is 13.1. The van der Waals surface area contributed by atoms with Gasteiger partial charge in [-0.15, -0.1) is 0 Å². The lowest BCUT2D eigenvalue weighted by atomic mass is 10.0. The van der Waals surface area contributed by atoms with Crippen molar-refractivity contribution in [3.05, 3.63) is 36.1 Å². The van der Waals surface area contributed by atoms with Gasteiger partial charge in [0, 0.05) is 5.39 Å². The Hall–Kier alpha value is -1.81. The van der Waals surface area contributed by atoms with Crippen molar-refractivity contribution in [1.82, 2.24) is 5.32 Å². The number of furan rings is 1. The molecule has 0 spiro atoms. The van der Waals surface area contributed by atoms with Gasteiger partial charge in [0.05, 0.1) is 12.6 Å². The van der Waals surface area contributed by atoms with Crippen LogP contribution in [-0.4, -0.2) is 11.9 Å². The van der Waals surface area contributed by atoms with E-state index in [2.05, 4.69) is 5.32 Å². The van der Waals surface area contributed by atoms with Gasteiger partial charge in [0.15, 0.2) is 0 Å². The monoisotopic (exact) mass is 246 g/mol. The van der Waals surface area contributed by atoms with Gasteiger partial charge in [0.1, 0.15) is 11.3 Å². The van der Waals surface area contributed by atoms with Crippen molar-refractivity contribution in [2.24, 2.45) is 11.7 Å². The number of carbonyl (C=O) groups excluding carboxylic acids is 1. The van der Waals surface area contributed by atoms with Crippen LogP contribution in [0.15, 0.2) is 34.7 Å². The molecule has 1 heterocycles. The Morgan fingerprint density at radius 2 is 2.11 bits per heavy atom. The molecule has 4 heteroatoms. The number of hydrogen-bond donors (Lipinski definition) is 2. The topological polar surface area (TPSA) is 68.3 Å². The highest BCUT2D eigenvalue weighted by molar-refractivity contribution is 5.80. The summed E-state index contributed by atoms with van der Waals surface area (Å²) in [6.07, 6.45) is 0. The average molecular weight is 246 g/mol. The van der Waals surface area contributed by atoms with Crippen molar-refractivity contribution in [2.45, 2.75) is 26.4 Å². The Labute approximate surface area is 106 Å². The zero-order valence-corrected chi connectivity index (χ0v) is 10.6. The molecule has 1 atom stereocenters. The lowest BCUT2D eigenvalue weighted by molar-refractivity contribution is -0.121. The third kappa shape index (κ3) is 2.71. The Morgan fingerprint density at radius 3 is 2.72 bits per heavy atom. The van der Waals surface area contributed by atoms with Crippen LogP contribution in [0.4, 0.5) is 0 Å².